The predicted octanol–water partition coefficient (Wildman–Crippen LogP) is 3.49. The van der Waals surface area contributed by atoms with Crippen LogP contribution in [0.15, 0.2) is 41.8 Å². The molecule has 0 atom stereocenters. The smallest absolute Gasteiger partial charge is 0.232 e. The van der Waals surface area contributed by atoms with Gasteiger partial charge in [-0.3, -0.25) is 4.79 Å². The molecule has 2 heterocycles. The molecule has 1 aromatic carbocycles. The highest BCUT2D eigenvalue weighted by Crippen LogP contribution is 2.36. The van der Waals surface area contributed by atoms with E-state index in [9.17, 15) is 4.79 Å². The predicted molar refractivity (Wildman–Crippen MR) is 81.5 cm³/mol. The summed E-state index contributed by atoms with van der Waals surface area (Å²) in [7, 11) is 0. The number of ether oxygens (including phenoxy) is 1. The summed E-state index contributed by atoms with van der Waals surface area (Å²) in [6.45, 7) is 4.59. The summed E-state index contributed by atoms with van der Waals surface area (Å²) in [6.07, 6.45) is 0.447. The van der Waals surface area contributed by atoms with Crippen molar-refractivity contribution in [2.45, 2.75) is 25.9 Å². The fourth-order valence-corrected chi connectivity index (χ4v) is 3.14. The zero-order valence-corrected chi connectivity index (χ0v) is 12.4. The van der Waals surface area contributed by atoms with Crippen LogP contribution in [0.25, 0.3) is 0 Å². The first-order valence-electron chi connectivity index (χ1n) is 6.66. The van der Waals surface area contributed by atoms with Crippen LogP contribution in [0.4, 0.5) is 5.69 Å². The number of thiophene rings is 1. The molecule has 0 bridgehead atoms. The maximum Gasteiger partial charge on any atom is 0.232 e. The van der Waals surface area contributed by atoms with Crippen LogP contribution in [-0.4, -0.2) is 18.1 Å². The molecule has 1 aliphatic rings. The molecule has 0 fully saturated rings. The van der Waals surface area contributed by atoms with Crippen LogP contribution in [0.2, 0.25) is 0 Å². The highest BCUT2D eigenvalue weighted by Gasteiger charge is 2.34. The molecule has 2 aromatic rings. The number of anilines is 1. The number of fused-ring (bicyclic) bond motifs is 1. The zero-order valence-electron chi connectivity index (χ0n) is 11.6. The van der Waals surface area contributed by atoms with Crippen molar-refractivity contribution >= 4 is 22.9 Å². The van der Waals surface area contributed by atoms with Crippen LogP contribution in [0.5, 0.6) is 5.75 Å². The van der Waals surface area contributed by atoms with Crippen molar-refractivity contribution in [2.75, 3.05) is 11.4 Å². The number of para-hydroxylation sites is 2. The van der Waals surface area contributed by atoms with Gasteiger partial charge in [-0.25, -0.2) is 0 Å². The van der Waals surface area contributed by atoms with Crippen LogP contribution in [0, 0.1) is 0 Å². The number of amides is 1. The van der Waals surface area contributed by atoms with Gasteiger partial charge in [0.1, 0.15) is 11.4 Å². The van der Waals surface area contributed by atoms with E-state index in [0.29, 0.717) is 13.0 Å². The third-order valence-electron chi connectivity index (χ3n) is 3.29. The van der Waals surface area contributed by atoms with Crippen molar-refractivity contribution in [1.82, 2.24) is 0 Å². The van der Waals surface area contributed by atoms with Gasteiger partial charge in [0.25, 0.3) is 0 Å². The maximum absolute atomic E-state index is 12.6. The first-order valence-corrected chi connectivity index (χ1v) is 7.54. The largest absolute Gasteiger partial charge is 0.484 e. The first kappa shape index (κ1) is 13.2. The van der Waals surface area contributed by atoms with E-state index in [0.717, 1.165) is 16.3 Å². The average Bonchev–Trinajstić information content (AvgIpc) is 2.89. The number of hydrogen-bond acceptors (Lipinski definition) is 3. The van der Waals surface area contributed by atoms with Gasteiger partial charge in [-0.1, -0.05) is 18.2 Å². The molecule has 0 spiro atoms. The van der Waals surface area contributed by atoms with E-state index in [1.54, 1.807) is 11.3 Å². The Morgan fingerprint density at radius 3 is 2.85 bits per heavy atom. The van der Waals surface area contributed by atoms with E-state index >= 15 is 0 Å². The molecule has 0 aliphatic carbocycles. The number of rotatable bonds is 2. The van der Waals surface area contributed by atoms with Crippen LogP contribution >= 0.6 is 11.3 Å². The topological polar surface area (TPSA) is 29.5 Å². The lowest BCUT2D eigenvalue weighted by Gasteiger charge is -2.39. The number of benzene rings is 1. The second kappa shape index (κ2) is 4.94. The Bertz CT molecular complexity index is 619. The van der Waals surface area contributed by atoms with E-state index < -0.39 is 0 Å². The van der Waals surface area contributed by atoms with Crippen molar-refractivity contribution in [1.29, 1.82) is 0 Å². The summed E-state index contributed by atoms with van der Waals surface area (Å²) < 4.78 is 5.94. The quantitative estimate of drug-likeness (QED) is 0.846. The Labute approximate surface area is 122 Å². The normalized spacial score (nSPS) is 16.4. The van der Waals surface area contributed by atoms with Gasteiger partial charge >= 0.3 is 0 Å². The third-order valence-corrected chi connectivity index (χ3v) is 4.16. The highest BCUT2D eigenvalue weighted by molar-refractivity contribution is 7.10. The van der Waals surface area contributed by atoms with Gasteiger partial charge in [-0.15, -0.1) is 11.3 Å². The molecule has 0 N–H and O–H groups in total. The van der Waals surface area contributed by atoms with E-state index in [4.69, 9.17) is 4.74 Å². The second-order valence-corrected chi connectivity index (χ2v) is 6.60. The molecule has 3 nitrogen and oxygen atoms in total. The van der Waals surface area contributed by atoms with Crippen LogP contribution in [0.1, 0.15) is 18.7 Å². The minimum absolute atomic E-state index is 0.122. The van der Waals surface area contributed by atoms with Gasteiger partial charge < -0.3 is 9.64 Å². The van der Waals surface area contributed by atoms with Gasteiger partial charge in [-0.05, 0) is 37.4 Å². The number of carbonyl (C=O) groups is 1. The number of nitrogens with zero attached hydrogens (tertiary/aromatic N) is 1. The van der Waals surface area contributed by atoms with E-state index in [1.165, 1.54) is 0 Å². The lowest BCUT2D eigenvalue weighted by Crippen LogP contribution is -2.49. The number of hydrogen-bond donors (Lipinski definition) is 0. The summed E-state index contributed by atoms with van der Waals surface area (Å²) >= 11 is 1.62. The summed E-state index contributed by atoms with van der Waals surface area (Å²) in [5.41, 5.74) is 0.507. The minimum Gasteiger partial charge on any atom is -0.484 e. The summed E-state index contributed by atoms with van der Waals surface area (Å²) in [4.78, 5) is 15.5. The van der Waals surface area contributed by atoms with Crippen molar-refractivity contribution in [2.24, 2.45) is 0 Å². The monoisotopic (exact) mass is 287 g/mol. The Kier molecular flexibility index (Phi) is 3.26. The fourth-order valence-electron chi connectivity index (χ4n) is 2.44. The van der Waals surface area contributed by atoms with Crippen molar-refractivity contribution < 1.29 is 9.53 Å². The number of carbonyl (C=O) groups excluding carboxylic acids is 1. The van der Waals surface area contributed by atoms with E-state index in [2.05, 4.69) is 0 Å². The second-order valence-electron chi connectivity index (χ2n) is 5.57. The minimum atomic E-state index is -0.362. The van der Waals surface area contributed by atoms with E-state index in [-0.39, 0.29) is 11.5 Å². The zero-order chi connectivity index (χ0) is 14.2. The van der Waals surface area contributed by atoms with Gasteiger partial charge in [0.15, 0.2) is 0 Å². The molecule has 1 aliphatic heterocycles. The summed E-state index contributed by atoms with van der Waals surface area (Å²) in [6, 6.07) is 11.7. The molecule has 0 saturated heterocycles. The Hall–Kier alpha value is -1.81. The van der Waals surface area contributed by atoms with Gasteiger partial charge in [-0.2, -0.15) is 0 Å². The molecule has 20 heavy (non-hydrogen) atoms. The maximum atomic E-state index is 12.6. The molecule has 1 amide bonds. The molecule has 0 radical (unpaired) electrons. The first-order chi connectivity index (χ1) is 9.55. The van der Waals surface area contributed by atoms with Crippen molar-refractivity contribution in [3.8, 4) is 5.75 Å². The SMILES string of the molecule is CC1(C)CN(C(=O)Cc2cccs2)c2ccccc2O1. The Balaban J connectivity index is 1.90. The van der Waals surface area contributed by atoms with Crippen molar-refractivity contribution in [3.05, 3.63) is 46.7 Å². The molecule has 1 aromatic heterocycles. The average molecular weight is 287 g/mol. The summed E-state index contributed by atoms with van der Waals surface area (Å²) in [5.74, 6) is 0.902. The summed E-state index contributed by atoms with van der Waals surface area (Å²) in [5, 5.41) is 2.00. The lowest BCUT2D eigenvalue weighted by atomic mass is 10.0. The Morgan fingerprint density at radius 2 is 2.10 bits per heavy atom. The molecule has 0 saturated carbocycles. The van der Waals surface area contributed by atoms with E-state index in [1.807, 2.05) is 60.5 Å². The fraction of sp³-hybridized carbons (Fsp3) is 0.312. The van der Waals surface area contributed by atoms with Crippen LogP contribution in [-0.2, 0) is 11.2 Å². The van der Waals surface area contributed by atoms with Gasteiger partial charge in [0.2, 0.25) is 5.91 Å². The lowest BCUT2D eigenvalue weighted by molar-refractivity contribution is -0.118. The standard InChI is InChI=1S/C16H17NO2S/c1-16(2)11-17(13-7-3-4-8-14(13)19-16)15(18)10-12-6-5-9-20-12/h3-9H,10-11H2,1-2H3. The molecule has 4 heteroatoms. The van der Waals surface area contributed by atoms with Crippen molar-refractivity contribution in [3.63, 3.8) is 0 Å². The molecular formula is C16H17NO2S. The molecule has 104 valence electrons. The van der Waals surface area contributed by atoms with Gasteiger partial charge in [0.05, 0.1) is 18.7 Å². The molecule has 3 rings (SSSR count). The molecular weight excluding hydrogens is 270 g/mol. The Morgan fingerprint density at radius 1 is 1.30 bits per heavy atom. The third kappa shape index (κ3) is 2.56. The van der Waals surface area contributed by atoms with Gasteiger partial charge in [0, 0.05) is 4.88 Å². The highest BCUT2D eigenvalue weighted by atomic mass is 32.1. The van der Waals surface area contributed by atoms with Crippen LogP contribution in [0.3, 0.4) is 0 Å². The van der Waals surface area contributed by atoms with Crippen LogP contribution < -0.4 is 9.64 Å². The molecule has 0 unspecified atom stereocenters.